The minimum Gasteiger partial charge on any atom is -0.373 e. The summed E-state index contributed by atoms with van der Waals surface area (Å²) >= 11 is 0. The molecule has 0 saturated carbocycles. The highest BCUT2D eigenvalue weighted by Crippen LogP contribution is 2.17. The first-order valence-corrected chi connectivity index (χ1v) is 7.83. The summed E-state index contributed by atoms with van der Waals surface area (Å²) in [5, 5.41) is 3.23. The molecule has 19 heavy (non-hydrogen) atoms. The van der Waals surface area contributed by atoms with E-state index in [9.17, 15) is 0 Å². The first kappa shape index (κ1) is 14.0. The van der Waals surface area contributed by atoms with Crippen molar-refractivity contribution in [1.82, 2.24) is 0 Å². The standard InChI is InChI=1S/C15H18O3Si/c1-4-12-18-19(16-2,17-3)15-11-7-9-13-8-5-6-10-14(13)15/h4-11H,1,12H2,2-3H3. The molecule has 0 spiro atoms. The van der Waals surface area contributed by atoms with Crippen LogP contribution in [0.5, 0.6) is 0 Å². The second kappa shape index (κ2) is 6.12. The molecule has 0 saturated heterocycles. The fourth-order valence-electron chi connectivity index (χ4n) is 2.16. The number of hydrogen-bond donors (Lipinski definition) is 0. The zero-order chi connectivity index (χ0) is 13.7. The van der Waals surface area contributed by atoms with Gasteiger partial charge in [0.25, 0.3) is 0 Å². The highest BCUT2D eigenvalue weighted by Gasteiger charge is 2.42. The van der Waals surface area contributed by atoms with E-state index in [-0.39, 0.29) is 0 Å². The Morgan fingerprint density at radius 2 is 1.74 bits per heavy atom. The van der Waals surface area contributed by atoms with Gasteiger partial charge in [-0.2, -0.15) is 0 Å². The van der Waals surface area contributed by atoms with Gasteiger partial charge in [0.05, 0.1) is 6.61 Å². The predicted octanol–water partition coefficient (Wildman–Crippen LogP) is 2.48. The highest BCUT2D eigenvalue weighted by molar-refractivity contribution is 6.77. The van der Waals surface area contributed by atoms with E-state index in [0.717, 1.165) is 16.0 Å². The van der Waals surface area contributed by atoms with Gasteiger partial charge < -0.3 is 13.3 Å². The van der Waals surface area contributed by atoms with Crippen molar-refractivity contribution < 1.29 is 13.3 Å². The molecule has 0 N–H and O–H groups in total. The van der Waals surface area contributed by atoms with Crippen molar-refractivity contribution in [2.75, 3.05) is 20.8 Å². The van der Waals surface area contributed by atoms with Crippen molar-refractivity contribution in [2.45, 2.75) is 0 Å². The number of fused-ring (bicyclic) bond motifs is 1. The Balaban J connectivity index is 2.58. The maximum atomic E-state index is 5.85. The van der Waals surface area contributed by atoms with E-state index < -0.39 is 8.80 Å². The van der Waals surface area contributed by atoms with Crippen molar-refractivity contribution in [3.8, 4) is 0 Å². The Kier molecular flexibility index (Phi) is 4.50. The number of benzene rings is 2. The molecule has 0 fully saturated rings. The van der Waals surface area contributed by atoms with Gasteiger partial charge in [0.2, 0.25) is 0 Å². The summed E-state index contributed by atoms with van der Waals surface area (Å²) in [6.45, 7) is 4.07. The van der Waals surface area contributed by atoms with Crippen LogP contribution in [0.4, 0.5) is 0 Å². The number of hydrogen-bond acceptors (Lipinski definition) is 3. The monoisotopic (exact) mass is 274 g/mol. The van der Waals surface area contributed by atoms with E-state index in [4.69, 9.17) is 13.3 Å². The van der Waals surface area contributed by atoms with E-state index >= 15 is 0 Å². The van der Waals surface area contributed by atoms with Crippen LogP contribution < -0.4 is 5.19 Å². The molecule has 0 aliphatic heterocycles. The second-order valence-electron chi connectivity index (χ2n) is 4.09. The third-order valence-electron chi connectivity index (χ3n) is 3.05. The normalized spacial score (nSPS) is 11.7. The van der Waals surface area contributed by atoms with Crippen LogP contribution in [0, 0.1) is 0 Å². The molecule has 0 aromatic heterocycles. The van der Waals surface area contributed by atoms with Gasteiger partial charge in [-0.3, -0.25) is 0 Å². The summed E-state index contributed by atoms with van der Waals surface area (Å²) in [6.07, 6.45) is 1.70. The Bertz CT molecular complexity index is 559. The largest absolute Gasteiger partial charge is 0.537 e. The molecule has 100 valence electrons. The lowest BCUT2D eigenvalue weighted by atomic mass is 10.1. The molecule has 2 aromatic carbocycles. The van der Waals surface area contributed by atoms with Gasteiger partial charge >= 0.3 is 8.80 Å². The van der Waals surface area contributed by atoms with Crippen LogP contribution in [0.3, 0.4) is 0 Å². The van der Waals surface area contributed by atoms with Gasteiger partial charge in [-0.1, -0.05) is 48.5 Å². The van der Waals surface area contributed by atoms with Crippen LogP contribution in [0.2, 0.25) is 0 Å². The van der Waals surface area contributed by atoms with Gasteiger partial charge in [0.1, 0.15) is 0 Å². The first-order chi connectivity index (χ1) is 9.27. The minimum atomic E-state index is -2.88. The third kappa shape index (κ3) is 2.62. The smallest absolute Gasteiger partial charge is 0.373 e. The first-order valence-electron chi connectivity index (χ1n) is 6.11. The predicted molar refractivity (Wildman–Crippen MR) is 79.5 cm³/mol. The number of rotatable bonds is 6. The highest BCUT2D eigenvalue weighted by atomic mass is 28.4. The molecular weight excluding hydrogens is 256 g/mol. The minimum absolute atomic E-state index is 0.400. The molecule has 2 aromatic rings. The molecule has 4 heteroatoms. The average Bonchev–Trinajstić information content (AvgIpc) is 2.49. The molecule has 0 bridgehead atoms. The average molecular weight is 274 g/mol. The van der Waals surface area contributed by atoms with Crippen molar-refractivity contribution in [3.63, 3.8) is 0 Å². The van der Waals surface area contributed by atoms with Crippen LogP contribution in [-0.2, 0) is 13.3 Å². The molecule has 2 rings (SSSR count). The van der Waals surface area contributed by atoms with E-state index in [1.807, 2.05) is 24.3 Å². The topological polar surface area (TPSA) is 27.7 Å². The Labute approximate surface area is 114 Å². The van der Waals surface area contributed by atoms with Gasteiger partial charge in [0.15, 0.2) is 0 Å². The lowest BCUT2D eigenvalue weighted by Gasteiger charge is -2.27. The molecular formula is C15H18O3Si. The van der Waals surface area contributed by atoms with E-state index in [1.54, 1.807) is 20.3 Å². The maximum absolute atomic E-state index is 5.85. The van der Waals surface area contributed by atoms with Crippen molar-refractivity contribution in [1.29, 1.82) is 0 Å². The van der Waals surface area contributed by atoms with E-state index in [2.05, 4.69) is 24.8 Å². The van der Waals surface area contributed by atoms with Gasteiger partial charge in [-0.05, 0) is 10.8 Å². The molecule has 0 amide bonds. The zero-order valence-corrected chi connectivity index (χ0v) is 12.3. The van der Waals surface area contributed by atoms with Gasteiger partial charge in [-0.15, -0.1) is 6.58 Å². The summed E-state index contributed by atoms with van der Waals surface area (Å²) in [4.78, 5) is 0. The Hall–Kier alpha value is -1.46. The van der Waals surface area contributed by atoms with Crippen LogP contribution in [0.1, 0.15) is 0 Å². The lowest BCUT2D eigenvalue weighted by molar-refractivity contribution is 0.126. The molecule has 0 atom stereocenters. The maximum Gasteiger partial charge on any atom is 0.537 e. The van der Waals surface area contributed by atoms with Gasteiger partial charge in [0, 0.05) is 19.4 Å². The third-order valence-corrected chi connectivity index (χ3v) is 5.77. The molecule has 0 aliphatic carbocycles. The fraction of sp³-hybridized carbons (Fsp3) is 0.200. The van der Waals surface area contributed by atoms with Crippen molar-refractivity contribution in [2.24, 2.45) is 0 Å². The summed E-state index contributed by atoms with van der Waals surface area (Å²) in [5.41, 5.74) is 0. The zero-order valence-electron chi connectivity index (χ0n) is 11.3. The lowest BCUT2D eigenvalue weighted by Crippen LogP contribution is -2.55. The summed E-state index contributed by atoms with van der Waals surface area (Å²) in [7, 11) is 0.375. The van der Waals surface area contributed by atoms with Crippen molar-refractivity contribution in [3.05, 3.63) is 55.1 Å². The Morgan fingerprint density at radius 3 is 2.42 bits per heavy atom. The molecule has 0 aliphatic rings. The van der Waals surface area contributed by atoms with Crippen LogP contribution in [0.15, 0.2) is 55.1 Å². The van der Waals surface area contributed by atoms with Crippen LogP contribution >= 0.6 is 0 Å². The summed E-state index contributed by atoms with van der Waals surface area (Å²) < 4.78 is 17.1. The SMILES string of the molecule is C=CCO[Si](OC)(OC)c1cccc2ccccc12. The van der Waals surface area contributed by atoms with Crippen LogP contribution in [-0.4, -0.2) is 29.6 Å². The summed E-state index contributed by atoms with van der Waals surface area (Å²) in [6, 6.07) is 14.2. The Morgan fingerprint density at radius 1 is 1.05 bits per heavy atom. The van der Waals surface area contributed by atoms with E-state index in [1.165, 1.54) is 0 Å². The van der Waals surface area contributed by atoms with Gasteiger partial charge in [-0.25, -0.2) is 0 Å². The molecule has 0 unspecified atom stereocenters. The quantitative estimate of drug-likeness (QED) is 0.598. The molecule has 3 nitrogen and oxygen atoms in total. The molecule has 0 heterocycles. The van der Waals surface area contributed by atoms with E-state index in [0.29, 0.717) is 6.61 Å². The summed E-state index contributed by atoms with van der Waals surface area (Å²) in [5.74, 6) is 0. The van der Waals surface area contributed by atoms with Crippen molar-refractivity contribution >= 4 is 24.8 Å². The molecule has 0 radical (unpaired) electrons. The van der Waals surface area contributed by atoms with Crippen LogP contribution in [0.25, 0.3) is 10.8 Å². The second-order valence-corrected chi connectivity index (χ2v) is 6.85. The fourth-order valence-corrected chi connectivity index (χ4v) is 4.35.